The summed E-state index contributed by atoms with van der Waals surface area (Å²) in [6, 6.07) is 4.30. The largest absolute Gasteiger partial charge is 0.374 e. The molecule has 0 bridgehead atoms. The molecule has 1 unspecified atom stereocenters. The van der Waals surface area contributed by atoms with Crippen LogP contribution in [0.3, 0.4) is 0 Å². The van der Waals surface area contributed by atoms with Crippen LogP contribution in [0, 0.1) is 5.92 Å². The topological polar surface area (TPSA) is 40.1 Å². The van der Waals surface area contributed by atoms with Crippen molar-refractivity contribution in [2.45, 2.75) is 26.4 Å². The van der Waals surface area contributed by atoms with E-state index in [1.807, 2.05) is 18.4 Å². The standard InChI is InChI=1S/C18H32N4OS/c1-15(2)13-22-9-10-23-16(14-22)12-20-18(19-3)21(4)8-7-17-6-5-11-24-17/h5-6,11,15-16H,7-10,12-14H2,1-4H3,(H,19,20). The third kappa shape index (κ3) is 6.42. The van der Waals surface area contributed by atoms with Crippen molar-refractivity contribution in [2.24, 2.45) is 10.9 Å². The van der Waals surface area contributed by atoms with E-state index in [2.05, 4.69) is 58.5 Å². The Labute approximate surface area is 150 Å². The third-order valence-corrected chi connectivity index (χ3v) is 5.12. The highest BCUT2D eigenvalue weighted by Crippen LogP contribution is 2.10. The minimum absolute atomic E-state index is 0.236. The maximum absolute atomic E-state index is 5.91. The summed E-state index contributed by atoms with van der Waals surface area (Å²) in [5.41, 5.74) is 0. The molecule has 1 saturated heterocycles. The van der Waals surface area contributed by atoms with E-state index in [0.717, 1.165) is 51.7 Å². The van der Waals surface area contributed by atoms with Gasteiger partial charge in [0.05, 0.1) is 12.7 Å². The average molecular weight is 353 g/mol. The van der Waals surface area contributed by atoms with Crippen LogP contribution in [0.4, 0.5) is 0 Å². The Morgan fingerprint density at radius 2 is 2.38 bits per heavy atom. The zero-order valence-corrected chi connectivity index (χ0v) is 16.3. The highest BCUT2D eigenvalue weighted by atomic mass is 32.1. The number of ether oxygens (including phenoxy) is 1. The summed E-state index contributed by atoms with van der Waals surface area (Å²) in [5, 5.41) is 5.60. The van der Waals surface area contributed by atoms with Crippen LogP contribution in [0.5, 0.6) is 0 Å². The van der Waals surface area contributed by atoms with Gasteiger partial charge >= 0.3 is 0 Å². The quantitative estimate of drug-likeness (QED) is 0.603. The van der Waals surface area contributed by atoms with Crippen LogP contribution in [0.25, 0.3) is 0 Å². The fourth-order valence-corrected chi connectivity index (χ4v) is 3.71. The van der Waals surface area contributed by atoms with E-state index in [9.17, 15) is 0 Å². The van der Waals surface area contributed by atoms with Crippen LogP contribution in [-0.4, -0.2) is 75.3 Å². The fraction of sp³-hybridized carbons (Fsp3) is 0.722. The third-order valence-electron chi connectivity index (χ3n) is 4.18. The van der Waals surface area contributed by atoms with Crippen LogP contribution in [-0.2, 0) is 11.2 Å². The van der Waals surface area contributed by atoms with Gasteiger partial charge in [0.1, 0.15) is 0 Å². The second kappa shape index (κ2) is 10.0. The van der Waals surface area contributed by atoms with Gasteiger partial charge < -0.3 is 15.0 Å². The van der Waals surface area contributed by atoms with Crippen molar-refractivity contribution in [1.82, 2.24) is 15.1 Å². The predicted octanol–water partition coefficient (Wildman–Crippen LogP) is 2.15. The number of aliphatic imine (C=N–C) groups is 1. The van der Waals surface area contributed by atoms with Gasteiger partial charge in [-0.15, -0.1) is 11.3 Å². The lowest BCUT2D eigenvalue weighted by Crippen LogP contribution is -2.50. The molecule has 1 aromatic heterocycles. The molecule has 1 atom stereocenters. The Hall–Kier alpha value is -1.11. The molecule has 0 radical (unpaired) electrons. The Morgan fingerprint density at radius 1 is 1.54 bits per heavy atom. The summed E-state index contributed by atoms with van der Waals surface area (Å²) < 4.78 is 5.91. The van der Waals surface area contributed by atoms with Crippen LogP contribution >= 0.6 is 11.3 Å². The van der Waals surface area contributed by atoms with Gasteiger partial charge in [0.25, 0.3) is 0 Å². The maximum Gasteiger partial charge on any atom is 0.193 e. The van der Waals surface area contributed by atoms with Crippen molar-refractivity contribution in [3.63, 3.8) is 0 Å². The van der Waals surface area contributed by atoms with Crippen molar-refractivity contribution >= 4 is 17.3 Å². The molecule has 2 heterocycles. The molecule has 1 fully saturated rings. The van der Waals surface area contributed by atoms with Gasteiger partial charge in [0.2, 0.25) is 0 Å². The molecule has 1 aliphatic rings. The van der Waals surface area contributed by atoms with Gasteiger partial charge in [-0.25, -0.2) is 0 Å². The number of nitrogens with one attached hydrogen (secondary N) is 1. The molecule has 2 rings (SSSR count). The molecule has 0 saturated carbocycles. The monoisotopic (exact) mass is 352 g/mol. The van der Waals surface area contributed by atoms with Crippen molar-refractivity contribution in [3.05, 3.63) is 22.4 Å². The van der Waals surface area contributed by atoms with Crippen LogP contribution < -0.4 is 5.32 Å². The first-order valence-electron chi connectivity index (χ1n) is 8.86. The summed E-state index contributed by atoms with van der Waals surface area (Å²) >= 11 is 1.81. The molecule has 0 spiro atoms. The Bertz CT molecular complexity index is 489. The number of guanidine groups is 1. The summed E-state index contributed by atoms with van der Waals surface area (Å²) in [6.07, 6.45) is 1.29. The van der Waals surface area contributed by atoms with Crippen molar-refractivity contribution < 1.29 is 4.74 Å². The van der Waals surface area contributed by atoms with E-state index >= 15 is 0 Å². The summed E-state index contributed by atoms with van der Waals surface area (Å²) in [7, 11) is 3.94. The highest BCUT2D eigenvalue weighted by molar-refractivity contribution is 7.09. The predicted molar refractivity (Wildman–Crippen MR) is 103 cm³/mol. The number of rotatable bonds is 7. The zero-order chi connectivity index (χ0) is 17.4. The molecule has 6 heteroatoms. The number of thiophene rings is 1. The highest BCUT2D eigenvalue weighted by Gasteiger charge is 2.21. The van der Waals surface area contributed by atoms with Crippen molar-refractivity contribution in [2.75, 3.05) is 53.4 Å². The van der Waals surface area contributed by atoms with E-state index in [0.29, 0.717) is 5.92 Å². The summed E-state index contributed by atoms with van der Waals surface area (Å²) in [6.45, 7) is 10.3. The van der Waals surface area contributed by atoms with Crippen LogP contribution in [0.1, 0.15) is 18.7 Å². The lowest BCUT2D eigenvalue weighted by Gasteiger charge is -2.34. The van der Waals surface area contributed by atoms with E-state index < -0.39 is 0 Å². The first-order chi connectivity index (χ1) is 11.6. The normalized spacial score (nSPS) is 19.7. The van der Waals surface area contributed by atoms with E-state index in [1.54, 1.807) is 0 Å². The van der Waals surface area contributed by atoms with E-state index in [4.69, 9.17) is 4.74 Å². The molecule has 0 aliphatic carbocycles. The number of nitrogens with zero attached hydrogens (tertiary/aromatic N) is 3. The molecule has 1 aliphatic heterocycles. The molecule has 24 heavy (non-hydrogen) atoms. The zero-order valence-electron chi connectivity index (χ0n) is 15.5. The molecular weight excluding hydrogens is 320 g/mol. The Morgan fingerprint density at radius 3 is 3.04 bits per heavy atom. The molecule has 136 valence electrons. The first kappa shape index (κ1) is 19.2. The number of likely N-dealkylation sites (N-methyl/N-ethyl adjacent to an activating group) is 1. The van der Waals surface area contributed by atoms with Crippen molar-refractivity contribution in [1.29, 1.82) is 0 Å². The molecule has 1 aromatic rings. The minimum atomic E-state index is 0.236. The minimum Gasteiger partial charge on any atom is -0.374 e. The summed E-state index contributed by atoms with van der Waals surface area (Å²) in [4.78, 5) is 10.5. The lowest BCUT2D eigenvalue weighted by molar-refractivity contribution is -0.0286. The smallest absolute Gasteiger partial charge is 0.193 e. The number of hydrogen-bond acceptors (Lipinski definition) is 4. The van der Waals surface area contributed by atoms with E-state index in [-0.39, 0.29) is 6.10 Å². The molecule has 0 amide bonds. The first-order valence-corrected chi connectivity index (χ1v) is 9.74. The fourth-order valence-electron chi connectivity index (χ4n) is 3.01. The van der Waals surface area contributed by atoms with Gasteiger partial charge in [-0.3, -0.25) is 9.89 Å². The van der Waals surface area contributed by atoms with E-state index in [1.165, 1.54) is 4.88 Å². The summed E-state index contributed by atoms with van der Waals surface area (Å²) in [5.74, 6) is 1.64. The average Bonchev–Trinajstić information content (AvgIpc) is 3.06. The lowest BCUT2D eigenvalue weighted by atomic mass is 10.2. The molecule has 5 nitrogen and oxygen atoms in total. The second-order valence-electron chi connectivity index (χ2n) is 6.83. The maximum atomic E-state index is 5.91. The Balaban J connectivity index is 1.74. The number of morpholine rings is 1. The molecular formula is C18H32N4OS. The number of hydrogen-bond donors (Lipinski definition) is 1. The van der Waals surface area contributed by atoms with Crippen molar-refractivity contribution in [3.8, 4) is 0 Å². The second-order valence-corrected chi connectivity index (χ2v) is 7.86. The van der Waals surface area contributed by atoms with Crippen LogP contribution in [0.2, 0.25) is 0 Å². The van der Waals surface area contributed by atoms with Gasteiger partial charge in [-0.1, -0.05) is 19.9 Å². The molecule has 1 N–H and O–H groups in total. The van der Waals surface area contributed by atoms with Gasteiger partial charge in [0.15, 0.2) is 5.96 Å². The van der Waals surface area contributed by atoms with Gasteiger partial charge in [0, 0.05) is 51.7 Å². The molecule has 0 aromatic carbocycles. The SMILES string of the molecule is CN=C(NCC1CN(CC(C)C)CCO1)N(C)CCc1cccs1. The van der Waals surface area contributed by atoms with Crippen LogP contribution in [0.15, 0.2) is 22.5 Å². The van der Waals surface area contributed by atoms with Gasteiger partial charge in [-0.2, -0.15) is 0 Å². The van der Waals surface area contributed by atoms with Gasteiger partial charge in [-0.05, 0) is 23.8 Å². The Kier molecular flexibility index (Phi) is 8.02.